The van der Waals surface area contributed by atoms with Crippen molar-refractivity contribution in [1.29, 1.82) is 5.26 Å². The van der Waals surface area contributed by atoms with E-state index >= 15 is 0 Å². The molecule has 0 aliphatic carbocycles. The molecule has 0 spiro atoms. The highest BCUT2D eigenvalue weighted by Gasteiger charge is 1.98. The van der Waals surface area contributed by atoms with Gasteiger partial charge in [0.05, 0.1) is 11.3 Å². The number of nitriles is 1. The molecule has 0 atom stereocenters. The molecule has 0 fully saturated rings. The van der Waals surface area contributed by atoms with Crippen molar-refractivity contribution in [2.45, 2.75) is 6.67 Å². The van der Waals surface area contributed by atoms with Crippen LogP contribution < -0.4 is 0 Å². The van der Waals surface area contributed by atoms with E-state index in [-0.39, 0.29) is 5.69 Å². The summed E-state index contributed by atoms with van der Waals surface area (Å²) in [4.78, 5) is 3.67. The van der Waals surface area contributed by atoms with E-state index in [1.54, 1.807) is 12.1 Å². The predicted molar refractivity (Wildman–Crippen MR) is 33.8 cm³/mol. The van der Waals surface area contributed by atoms with E-state index < -0.39 is 6.67 Å². The minimum absolute atomic E-state index is 0.213. The fourth-order valence-electron chi connectivity index (χ4n) is 0.646. The SMILES string of the molecule is N#Cc1cccnc1CF. The van der Waals surface area contributed by atoms with Crippen molar-refractivity contribution in [2.24, 2.45) is 0 Å². The molecule has 0 aromatic carbocycles. The van der Waals surface area contributed by atoms with Gasteiger partial charge in [-0.05, 0) is 12.1 Å². The number of halogens is 1. The van der Waals surface area contributed by atoms with Gasteiger partial charge in [-0.15, -0.1) is 0 Å². The summed E-state index contributed by atoms with van der Waals surface area (Å²) in [5.74, 6) is 0. The number of rotatable bonds is 1. The van der Waals surface area contributed by atoms with Crippen molar-refractivity contribution in [3.05, 3.63) is 29.6 Å². The van der Waals surface area contributed by atoms with Gasteiger partial charge in [-0.25, -0.2) is 4.39 Å². The van der Waals surface area contributed by atoms with Gasteiger partial charge in [-0.3, -0.25) is 4.98 Å². The van der Waals surface area contributed by atoms with Crippen LogP contribution in [-0.4, -0.2) is 4.98 Å². The predicted octanol–water partition coefficient (Wildman–Crippen LogP) is 1.42. The average Bonchev–Trinajstić information content (AvgIpc) is 2.04. The van der Waals surface area contributed by atoms with Gasteiger partial charge < -0.3 is 0 Å². The lowest BCUT2D eigenvalue weighted by Gasteiger charge is -1.92. The smallest absolute Gasteiger partial charge is 0.133 e. The van der Waals surface area contributed by atoms with Crippen molar-refractivity contribution in [1.82, 2.24) is 4.98 Å². The molecule has 0 saturated carbocycles. The van der Waals surface area contributed by atoms with Gasteiger partial charge in [0.1, 0.15) is 12.7 Å². The lowest BCUT2D eigenvalue weighted by Crippen LogP contribution is -1.89. The van der Waals surface area contributed by atoms with Crippen LogP contribution in [0.1, 0.15) is 11.3 Å². The van der Waals surface area contributed by atoms with E-state index in [1.807, 2.05) is 6.07 Å². The lowest BCUT2D eigenvalue weighted by molar-refractivity contribution is 0.475. The third-order valence-electron chi connectivity index (χ3n) is 1.14. The largest absolute Gasteiger partial charge is 0.257 e. The van der Waals surface area contributed by atoms with Crippen LogP contribution in [0.4, 0.5) is 4.39 Å². The monoisotopic (exact) mass is 136 g/mol. The van der Waals surface area contributed by atoms with Crippen molar-refractivity contribution < 1.29 is 4.39 Å². The summed E-state index contributed by atoms with van der Waals surface area (Å²) in [7, 11) is 0. The van der Waals surface area contributed by atoms with Gasteiger partial charge >= 0.3 is 0 Å². The summed E-state index contributed by atoms with van der Waals surface area (Å²) in [6.45, 7) is -0.677. The molecule has 0 N–H and O–H groups in total. The standard InChI is InChI=1S/C7H5FN2/c8-4-7-6(5-9)2-1-3-10-7/h1-3H,4H2. The zero-order valence-electron chi connectivity index (χ0n) is 5.21. The Morgan fingerprint density at radius 2 is 2.50 bits per heavy atom. The first-order valence-electron chi connectivity index (χ1n) is 2.78. The molecule has 0 aliphatic rings. The van der Waals surface area contributed by atoms with Crippen molar-refractivity contribution in [2.75, 3.05) is 0 Å². The summed E-state index contributed by atoms with van der Waals surface area (Å²) in [6.07, 6.45) is 1.47. The Hall–Kier alpha value is -1.43. The molecule has 50 valence electrons. The molecule has 0 bridgehead atoms. The number of nitrogens with zero attached hydrogens (tertiary/aromatic N) is 2. The topological polar surface area (TPSA) is 36.7 Å². The fraction of sp³-hybridized carbons (Fsp3) is 0.143. The van der Waals surface area contributed by atoms with Gasteiger partial charge in [0, 0.05) is 6.20 Å². The highest BCUT2D eigenvalue weighted by Crippen LogP contribution is 2.03. The minimum atomic E-state index is -0.677. The van der Waals surface area contributed by atoms with E-state index in [0.717, 1.165) is 0 Å². The van der Waals surface area contributed by atoms with Crippen LogP contribution in [0.5, 0.6) is 0 Å². The van der Waals surface area contributed by atoms with E-state index in [4.69, 9.17) is 5.26 Å². The molecule has 3 heteroatoms. The van der Waals surface area contributed by atoms with Crippen LogP contribution in [0.3, 0.4) is 0 Å². The Bertz CT molecular complexity index is 265. The number of pyridine rings is 1. The first kappa shape index (κ1) is 6.69. The zero-order chi connectivity index (χ0) is 7.40. The number of alkyl halides is 1. The molecule has 1 aromatic rings. The summed E-state index contributed by atoms with van der Waals surface area (Å²) >= 11 is 0. The van der Waals surface area contributed by atoms with Crippen LogP contribution in [0.25, 0.3) is 0 Å². The lowest BCUT2D eigenvalue weighted by atomic mass is 10.2. The summed E-state index contributed by atoms with van der Waals surface area (Å²) in [5, 5.41) is 8.39. The van der Waals surface area contributed by atoms with Crippen molar-refractivity contribution in [3.63, 3.8) is 0 Å². The van der Waals surface area contributed by atoms with Gasteiger partial charge in [-0.1, -0.05) is 0 Å². The van der Waals surface area contributed by atoms with Crippen LogP contribution >= 0.6 is 0 Å². The van der Waals surface area contributed by atoms with Crippen molar-refractivity contribution in [3.8, 4) is 6.07 Å². The van der Waals surface area contributed by atoms with E-state index in [1.165, 1.54) is 6.20 Å². The van der Waals surface area contributed by atoms with E-state index in [0.29, 0.717) is 5.56 Å². The second-order valence-corrected chi connectivity index (χ2v) is 1.74. The van der Waals surface area contributed by atoms with E-state index in [2.05, 4.69) is 4.98 Å². The molecule has 0 unspecified atom stereocenters. The van der Waals surface area contributed by atoms with Crippen LogP contribution in [0.15, 0.2) is 18.3 Å². The molecule has 10 heavy (non-hydrogen) atoms. The maximum absolute atomic E-state index is 12.0. The zero-order valence-corrected chi connectivity index (χ0v) is 5.21. The number of hydrogen-bond donors (Lipinski definition) is 0. The van der Waals surface area contributed by atoms with Crippen LogP contribution in [0, 0.1) is 11.3 Å². The highest BCUT2D eigenvalue weighted by molar-refractivity contribution is 5.31. The molecule has 1 aromatic heterocycles. The quantitative estimate of drug-likeness (QED) is 0.585. The number of hydrogen-bond acceptors (Lipinski definition) is 2. The van der Waals surface area contributed by atoms with Gasteiger partial charge in [0.2, 0.25) is 0 Å². The maximum atomic E-state index is 12.0. The minimum Gasteiger partial charge on any atom is -0.257 e. The summed E-state index contributed by atoms with van der Waals surface area (Å²) in [6, 6.07) is 5.00. The Labute approximate surface area is 57.9 Å². The third kappa shape index (κ3) is 1.11. The van der Waals surface area contributed by atoms with Crippen LogP contribution in [-0.2, 0) is 6.67 Å². The molecule has 0 aliphatic heterocycles. The summed E-state index contributed by atoms with van der Waals surface area (Å²) in [5.41, 5.74) is 0.523. The summed E-state index contributed by atoms with van der Waals surface area (Å²) < 4.78 is 12.0. The molecule has 0 saturated heterocycles. The molecule has 2 nitrogen and oxygen atoms in total. The van der Waals surface area contributed by atoms with Crippen molar-refractivity contribution >= 4 is 0 Å². The molecular formula is C7H5FN2. The average molecular weight is 136 g/mol. The Kier molecular flexibility index (Phi) is 1.96. The normalized spacial score (nSPS) is 8.80. The number of aromatic nitrogens is 1. The Balaban J connectivity index is 3.12. The second kappa shape index (κ2) is 2.92. The van der Waals surface area contributed by atoms with Gasteiger partial charge in [0.25, 0.3) is 0 Å². The highest BCUT2D eigenvalue weighted by atomic mass is 19.1. The first-order chi connectivity index (χ1) is 4.88. The Morgan fingerprint density at radius 3 is 3.00 bits per heavy atom. The Morgan fingerprint density at radius 1 is 1.70 bits per heavy atom. The molecule has 0 radical (unpaired) electrons. The molecule has 1 rings (SSSR count). The maximum Gasteiger partial charge on any atom is 0.133 e. The van der Waals surface area contributed by atoms with Gasteiger partial charge in [0.15, 0.2) is 0 Å². The first-order valence-corrected chi connectivity index (χ1v) is 2.78. The molecule has 0 amide bonds. The fourth-order valence-corrected chi connectivity index (χ4v) is 0.646. The van der Waals surface area contributed by atoms with E-state index in [9.17, 15) is 4.39 Å². The second-order valence-electron chi connectivity index (χ2n) is 1.74. The third-order valence-corrected chi connectivity index (χ3v) is 1.14. The molecule has 1 heterocycles. The van der Waals surface area contributed by atoms with Crippen LogP contribution in [0.2, 0.25) is 0 Å². The van der Waals surface area contributed by atoms with Gasteiger partial charge in [-0.2, -0.15) is 5.26 Å². The molecular weight excluding hydrogens is 131 g/mol.